The predicted octanol–water partition coefficient (Wildman–Crippen LogP) is 1.45. The van der Waals surface area contributed by atoms with Crippen molar-refractivity contribution in [3.63, 3.8) is 0 Å². The average Bonchev–Trinajstić information content (AvgIpc) is 2.23. The van der Waals surface area contributed by atoms with Crippen LogP contribution in [0.1, 0.15) is 0 Å². The van der Waals surface area contributed by atoms with Crippen LogP contribution in [0.25, 0.3) is 0 Å². The Balaban J connectivity index is 2.45. The second-order valence-electron chi connectivity index (χ2n) is 2.95. The number of carbonyl (C=O) groups is 1. The maximum Gasteiger partial charge on any atom is 0.417 e. The molecule has 0 radical (unpaired) electrons. The van der Waals surface area contributed by atoms with E-state index >= 15 is 0 Å². The van der Waals surface area contributed by atoms with Gasteiger partial charge in [-0.1, -0.05) is 6.58 Å². The van der Waals surface area contributed by atoms with E-state index in [9.17, 15) is 4.79 Å². The lowest BCUT2D eigenvalue weighted by Crippen LogP contribution is -2.18. The molecule has 0 unspecified atom stereocenters. The molecule has 1 aromatic heterocycles. The highest BCUT2D eigenvalue weighted by molar-refractivity contribution is 5.94. The summed E-state index contributed by atoms with van der Waals surface area (Å²) in [6, 6.07) is 3.56. The van der Waals surface area contributed by atoms with Crippen LogP contribution in [0.15, 0.2) is 48.8 Å². The maximum atomic E-state index is 11.5. The summed E-state index contributed by atoms with van der Waals surface area (Å²) in [6.07, 6.45) is 8.20. The highest BCUT2D eigenvalue weighted by Crippen LogP contribution is 2.12. The zero-order valence-electron chi connectivity index (χ0n) is 7.55. The molecule has 0 saturated heterocycles. The highest BCUT2D eigenvalue weighted by Gasteiger charge is 2.20. The largest absolute Gasteiger partial charge is 0.417 e. The molecule has 0 aromatic carbocycles. The van der Waals surface area contributed by atoms with Gasteiger partial charge in [-0.25, -0.2) is 4.79 Å². The first kappa shape index (κ1) is 8.56. The van der Waals surface area contributed by atoms with Crippen molar-refractivity contribution < 1.29 is 9.37 Å². The lowest BCUT2D eigenvalue weighted by atomic mass is 10.2. The second-order valence-corrected chi connectivity index (χ2v) is 2.95. The summed E-state index contributed by atoms with van der Waals surface area (Å²) in [4.78, 5) is 15.4. The molecular weight excluding hydrogens is 176 g/mol. The topological polar surface area (TPSA) is 33.0 Å². The lowest BCUT2D eigenvalue weighted by molar-refractivity contribution is -0.356. The van der Waals surface area contributed by atoms with E-state index in [1.54, 1.807) is 41.4 Å². The zero-order chi connectivity index (χ0) is 9.97. The highest BCUT2D eigenvalue weighted by atomic mass is 16.2. The van der Waals surface area contributed by atoms with Crippen molar-refractivity contribution in [2.45, 2.75) is 0 Å². The predicted molar refractivity (Wildman–Crippen MR) is 53.5 cm³/mol. The molecule has 0 bridgehead atoms. The molecule has 0 N–H and O–H groups in total. The van der Waals surface area contributed by atoms with Crippen molar-refractivity contribution in [3.05, 3.63) is 48.8 Å². The Bertz CT molecular complexity index is 444. The molecule has 1 amide bonds. The summed E-state index contributed by atoms with van der Waals surface area (Å²) in [5.41, 5.74) is 1.61. The Hall–Kier alpha value is -2.03. The molecule has 3 heteroatoms. The smallest absolute Gasteiger partial charge is 0.264 e. The van der Waals surface area contributed by atoms with Crippen molar-refractivity contribution in [2.24, 2.45) is 0 Å². The molecule has 0 fully saturated rings. The first-order chi connectivity index (χ1) is 6.77. The summed E-state index contributed by atoms with van der Waals surface area (Å²) in [7, 11) is 0. The molecular formula is C11H9N2O+. The molecule has 2 rings (SSSR count). The van der Waals surface area contributed by atoms with Crippen LogP contribution in [-0.2, 0) is 4.79 Å². The van der Waals surface area contributed by atoms with Crippen molar-refractivity contribution in [2.75, 3.05) is 0 Å². The van der Waals surface area contributed by atoms with Crippen LogP contribution < -0.4 is 0 Å². The summed E-state index contributed by atoms with van der Waals surface area (Å²) < 4.78 is 1.55. The van der Waals surface area contributed by atoms with Gasteiger partial charge in [0.2, 0.25) is 5.69 Å². The van der Waals surface area contributed by atoms with Gasteiger partial charge < -0.3 is 0 Å². The van der Waals surface area contributed by atoms with Gasteiger partial charge in [0.1, 0.15) is 0 Å². The van der Waals surface area contributed by atoms with Gasteiger partial charge in [0, 0.05) is 30.1 Å². The monoisotopic (exact) mass is 185 g/mol. The number of pyridine rings is 1. The standard InChI is InChI=1S/C11H9N2O/c1-9-2-3-11(14)13(8-9)10-4-6-12-7-5-10/h2-8H,1H2/q+1. The molecule has 0 aliphatic carbocycles. The van der Waals surface area contributed by atoms with E-state index in [0.717, 1.165) is 11.3 Å². The van der Waals surface area contributed by atoms with E-state index in [1.165, 1.54) is 6.08 Å². The van der Waals surface area contributed by atoms with Gasteiger partial charge in [0.05, 0.1) is 6.08 Å². The third-order valence-corrected chi connectivity index (χ3v) is 1.91. The molecule has 1 aromatic rings. The fourth-order valence-electron chi connectivity index (χ4n) is 1.24. The molecule has 0 saturated carbocycles. The van der Waals surface area contributed by atoms with Crippen LogP contribution in [0.3, 0.4) is 0 Å². The Kier molecular flexibility index (Phi) is 2.07. The number of rotatable bonds is 1. The molecule has 1 aliphatic heterocycles. The Labute approximate surface area is 81.7 Å². The van der Waals surface area contributed by atoms with Gasteiger partial charge in [-0.3, -0.25) is 4.98 Å². The van der Waals surface area contributed by atoms with Gasteiger partial charge in [-0.2, -0.15) is 0 Å². The number of amides is 1. The molecule has 2 heterocycles. The zero-order valence-corrected chi connectivity index (χ0v) is 7.55. The van der Waals surface area contributed by atoms with Gasteiger partial charge in [-0.15, -0.1) is 4.58 Å². The molecule has 1 aliphatic rings. The minimum atomic E-state index is -0.0661. The fourth-order valence-corrected chi connectivity index (χ4v) is 1.24. The van der Waals surface area contributed by atoms with Crippen molar-refractivity contribution in [3.8, 4) is 0 Å². The number of carbonyl (C=O) groups excluding carboxylic acids is 1. The summed E-state index contributed by atoms with van der Waals surface area (Å²) in [5, 5.41) is 0. The summed E-state index contributed by atoms with van der Waals surface area (Å²) in [6.45, 7) is 3.77. The number of aromatic nitrogens is 1. The number of allylic oxidation sites excluding steroid dienone is 2. The van der Waals surface area contributed by atoms with E-state index < -0.39 is 0 Å². The summed E-state index contributed by atoms with van der Waals surface area (Å²) >= 11 is 0. The van der Waals surface area contributed by atoms with Crippen molar-refractivity contribution in [1.29, 1.82) is 0 Å². The van der Waals surface area contributed by atoms with E-state index in [0.29, 0.717) is 0 Å². The Morgan fingerprint density at radius 1 is 1.21 bits per heavy atom. The van der Waals surface area contributed by atoms with Crippen LogP contribution >= 0.6 is 0 Å². The van der Waals surface area contributed by atoms with E-state index in [1.807, 2.05) is 0 Å². The van der Waals surface area contributed by atoms with Gasteiger partial charge in [-0.05, 0) is 6.08 Å². The number of hydrogen-bond donors (Lipinski definition) is 0. The van der Waals surface area contributed by atoms with Gasteiger partial charge >= 0.3 is 5.91 Å². The van der Waals surface area contributed by atoms with E-state index in [2.05, 4.69) is 11.6 Å². The Morgan fingerprint density at radius 2 is 1.93 bits per heavy atom. The number of hydrogen-bond acceptors (Lipinski definition) is 2. The number of nitrogens with zero attached hydrogens (tertiary/aromatic N) is 2. The third kappa shape index (κ3) is 1.52. The fraction of sp³-hybridized carbons (Fsp3) is 0. The minimum absolute atomic E-state index is 0.0661. The van der Waals surface area contributed by atoms with Crippen molar-refractivity contribution in [1.82, 2.24) is 4.98 Å². The van der Waals surface area contributed by atoms with Crippen LogP contribution in [0, 0.1) is 0 Å². The Morgan fingerprint density at radius 3 is 2.64 bits per heavy atom. The maximum absolute atomic E-state index is 11.5. The van der Waals surface area contributed by atoms with Crippen LogP contribution in [0.2, 0.25) is 0 Å². The molecule has 0 spiro atoms. The minimum Gasteiger partial charge on any atom is -0.264 e. The van der Waals surface area contributed by atoms with E-state index in [-0.39, 0.29) is 5.91 Å². The molecule has 0 atom stereocenters. The third-order valence-electron chi connectivity index (χ3n) is 1.91. The average molecular weight is 185 g/mol. The van der Waals surface area contributed by atoms with Crippen LogP contribution in [0.4, 0.5) is 5.69 Å². The van der Waals surface area contributed by atoms with E-state index in [4.69, 9.17) is 0 Å². The first-order valence-electron chi connectivity index (χ1n) is 4.22. The molecule has 3 nitrogen and oxygen atoms in total. The van der Waals surface area contributed by atoms with Crippen molar-refractivity contribution >= 4 is 17.8 Å². The molecule has 14 heavy (non-hydrogen) atoms. The first-order valence-corrected chi connectivity index (χ1v) is 4.22. The van der Waals surface area contributed by atoms with Gasteiger partial charge in [0.15, 0.2) is 6.21 Å². The molecule has 68 valence electrons. The lowest BCUT2D eigenvalue weighted by Gasteiger charge is -2.01. The second kappa shape index (κ2) is 3.38. The summed E-state index contributed by atoms with van der Waals surface area (Å²) in [5.74, 6) is -0.0661. The normalized spacial score (nSPS) is 15.6. The SMILES string of the molecule is C=C1C=CC(=O)[N+](c2ccncc2)=C1. The van der Waals surface area contributed by atoms with Gasteiger partial charge in [0.25, 0.3) is 0 Å². The van der Waals surface area contributed by atoms with Crippen LogP contribution in [0.5, 0.6) is 0 Å². The van der Waals surface area contributed by atoms with Crippen LogP contribution in [-0.4, -0.2) is 21.7 Å². The quantitative estimate of drug-likeness (QED) is 0.620.